The molecule has 1 amide bonds. The molecule has 0 spiro atoms. The number of hydrogen-bond acceptors (Lipinski definition) is 7. The van der Waals surface area contributed by atoms with Gasteiger partial charge in [-0.15, -0.1) is 0 Å². The van der Waals surface area contributed by atoms with Gasteiger partial charge in [0.25, 0.3) is 5.91 Å². The van der Waals surface area contributed by atoms with Crippen LogP contribution in [0.2, 0.25) is 0 Å². The second-order valence-electron chi connectivity index (χ2n) is 6.56. The van der Waals surface area contributed by atoms with Crippen molar-refractivity contribution in [3.63, 3.8) is 0 Å². The number of aromatic nitrogens is 4. The molecule has 0 unspecified atom stereocenters. The van der Waals surface area contributed by atoms with Gasteiger partial charge in [0.05, 0.1) is 22.0 Å². The lowest BCUT2D eigenvalue weighted by atomic mass is 10.3. The standard InChI is InChI=1S/C20H17N5O4S/c1-13-11-18(25(24-13)14-6-8-15(9-7-14)30(2,27)28)19(26)23-20-22-17(12-29-20)16-5-3-4-10-21-16/h3-12H,1-2H3,(H,22,23,26). The summed E-state index contributed by atoms with van der Waals surface area (Å²) in [7, 11) is -3.32. The van der Waals surface area contributed by atoms with E-state index in [-0.39, 0.29) is 16.6 Å². The zero-order valence-corrected chi connectivity index (χ0v) is 16.9. The molecule has 0 atom stereocenters. The number of oxazole rings is 1. The number of nitrogens with zero attached hydrogens (tertiary/aromatic N) is 4. The summed E-state index contributed by atoms with van der Waals surface area (Å²) in [5, 5.41) is 6.94. The summed E-state index contributed by atoms with van der Waals surface area (Å²) in [4.78, 5) is 21.4. The van der Waals surface area contributed by atoms with E-state index in [0.717, 1.165) is 6.26 Å². The molecule has 1 N–H and O–H groups in total. The quantitative estimate of drug-likeness (QED) is 0.524. The number of amides is 1. The number of hydrogen-bond donors (Lipinski definition) is 1. The Hall–Kier alpha value is -3.79. The Kier molecular flexibility index (Phi) is 4.92. The molecule has 4 rings (SSSR count). The minimum atomic E-state index is -3.32. The van der Waals surface area contributed by atoms with Crippen molar-refractivity contribution in [2.75, 3.05) is 11.6 Å². The predicted octanol–water partition coefficient (Wildman–Crippen LogP) is 2.89. The number of aryl methyl sites for hydroxylation is 1. The zero-order chi connectivity index (χ0) is 21.3. The van der Waals surface area contributed by atoms with Gasteiger partial charge in [-0.05, 0) is 49.4 Å². The highest BCUT2D eigenvalue weighted by molar-refractivity contribution is 7.90. The molecule has 1 aromatic carbocycles. The van der Waals surface area contributed by atoms with Gasteiger partial charge in [0.15, 0.2) is 9.84 Å². The van der Waals surface area contributed by atoms with Gasteiger partial charge in [-0.3, -0.25) is 15.1 Å². The lowest BCUT2D eigenvalue weighted by Crippen LogP contribution is -2.17. The van der Waals surface area contributed by atoms with E-state index in [2.05, 4.69) is 20.4 Å². The van der Waals surface area contributed by atoms with E-state index < -0.39 is 15.7 Å². The van der Waals surface area contributed by atoms with Gasteiger partial charge in [0, 0.05) is 12.5 Å². The molecular weight excluding hydrogens is 406 g/mol. The van der Waals surface area contributed by atoms with Crippen molar-refractivity contribution in [2.45, 2.75) is 11.8 Å². The first-order valence-electron chi connectivity index (χ1n) is 8.87. The van der Waals surface area contributed by atoms with Crippen LogP contribution in [0.5, 0.6) is 0 Å². The van der Waals surface area contributed by atoms with Gasteiger partial charge in [0.2, 0.25) is 0 Å². The van der Waals surface area contributed by atoms with Gasteiger partial charge >= 0.3 is 6.01 Å². The maximum absolute atomic E-state index is 12.8. The fourth-order valence-corrected chi connectivity index (χ4v) is 3.45. The molecule has 3 heterocycles. The molecule has 0 saturated heterocycles. The Bertz CT molecular complexity index is 1310. The van der Waals surface area contributed by atoms with Crippen molar-refractivity contribution in [1.29, 1.82) is 0 Å². The Morgan fingerprint density at radius 3 is 2.53 bits per heavy atom. The number of rotatable bonds is 5. The van der Waals surface area contributed by atoms with Crippen molar-refractivity contribution in [3.05, 3.63) is 72.4 Å². The molecule has 0 aliphatic rings. The Morgan fingerprint density at radius 1 is 1.10 bits per heavy atom. The molecule has 4 aromatic rings. The fourth-order valence-electron chi connectivity index (χ4n) is 2.82. The van der Waals surface area contributed by atoms with E-state index in [4.69, 9.17) is 4.42 Å². The summed E-state index contributed by atoms with van der Waals surface area (Å²) in [6, 6.07) is 13.1. The largest absolute Gasteiger partial charge is 0.431 e. The van der Waals surface area contributed by atoms with Crippen LogP contribution >= 0.6 is 0 Å². The highest BCUT2D eigenvalue weighted by atomic mass is 32.2. The van der Waals surface area contributed by atoms with E-state index in [1.54, 1.807) is 43.5 Å². The second kappa shape index (κ2) is 7.56. The number of pyridine rings is 1. The summed E-state index contributed by atoms with van der Waals surface area (Å²) >= 11 is 0. The molecule has 10 heteroatoms. The molecule has 0 radical (unpaired) electrons. The average Bonchev–Trinajstić information content (AvgIpc) is 3.35. The Labute approximate surface area is 172 Å². The highest BCUT2D eigenvalue weighted by Crippen LogP contribution is 2.20. The number of carbonyl (C=O) groups excluding carboxylic acids is 1. The van der Waals surface area contributed by atoms with Crippen molar-refractivity contribution < 1.29 is 17.6 Å². The molecule has 152 valence electrons. The topological polar surface area (TPSA) is 120 Å². The number of nitrogens with one attached hydrogen (secondary N) is 1. The second-order valence-corrected chi connectivity index (χ2v) is 8.57. The molecule has 0 aliphatic carbocycles. The van der Waals surface area contributed by atoms with Gasteiger partial charge in [0.1, 0.15) is 17.7 Å². The summed E-state index contributed by atoms with van der Waals surface area (Å²) in [6.45, 7) is 1.75. The van der Waals surface area contributed by atoms with Crippen LogP contribution in [-0.4, -0.2) is 40.3 Å². The third kappa shape index (κ3) is 3.98. The third-order valence-electron chi connectivity index (χ3n) is 4.23. The number of anilines is 1. The van der Waals surface area contributed by atoms with E-state index in [1.807, 2.05) is 6.07 Å². The Morgan fingerprint density at radius 2 is 1.87 bits per heavy atom. The number of sulfone groups is 1. The zero-order valence-electron chi connectivity index (χ0n) is 16.1. The number of benzene rings is 1. The molecule has 0 fully saturated rings. The smallest absolute Gasteiger partial charge is 0.302 e. The van der Waals surface area contributed by atoms with Crippen LogP contribution in [-0.2, 0) is 9.84 Å². The first-order chi connectivity index (χ1) is 14.3. The van der Waals surface area contributed by atoms with Crippen molar-refractivity contribution in [1.82, 2.24) is 19.7 Å². The maximum atomic E-state index is 12.8. The fraction of sp³-hybridized carbons (Fsp3) is 0.100. The summed E-state index contributed by atoms with van der Waals surface area (Å²) in [6.07, 6.45) is 4.18. The normalized spacial score (nSPS) is 11.4. The summed E-state index contributed by atoms with van der Waals surface area (Å²) in [5.41, 5.74) is 2.52. The van der Waals surface area contributed by atoms with Crippen LogP contribution in [0.25, 0.3) is 17.1 Å². The summed E-state index contributed by atoms with van der Waals surface area (Å²) in [5.74, 6) is -0.475. The lowest BCUT2D eigenvalue weighted by Gasteiger charge is -2.07. The third-order valence-corrected chi connectivity index (χ3v) is 5.35. The first-order valence-corrected chi connectivity index (χ1v) is 10.8. The summed E-state index contributed by atoms with van der Waals surface area (Å²) < 4.78 is 30.1. The van der Waals surface area contributed by atoms with Crippen molar-refractivity contribution in [2.24, 2.45) is 0 Å². The molecule has 0 saturated carbocycles. The Balaban J connectivity index is 1.59. The minimum absolute atomic E-state index is 0.0264. The van der Waals surface area contributed by atoms with E-state index >= 15 is 0 Å². The van der Waals surface area contributed by atoms with Gasteiger partial charge in [-0.1, -0.05) is 6.07 Å². The van der Waals surface area contributed by atoms with Crippen LogP contribution in [0.1, 0.15) is 16.2 Å². The maximum Gasteiger partial charge on any atom is 0.302 e. The van der Waals surface area contributed by atoms with E-state index in [9.17, 15) is 13.2 Å². The van der Waals surface area contributed by atoms with E-state index in [0.29, 0.717) is 22.8 Å². The van der Waals surface area contributed by atoms with Crippen LogP contribution < -0.4 is 5.32 Å². The van der Waals surface area contributed by atoms with Crippen LogP contribution in [0, 0.1) is 6.92 Å². The predicted molar refractivity (Wildman–Crippen MR) is 109 cm³/mol. The number of carbonyl (C=O) groups is 1. The van der Waals surface area contributed by atoms with Crippen molar-refractivity contribution in [3.8, 4) is 17.1 Å². The van der Waals surface area contributed by atoms with E-state index in [1.165, 1.54) is 23.1 Å². The minimum Gasteiger partial charge on any atom is -0.431 e. The molecule has 0 aliphatic heterocycles. The van der Waals surface area contributed by atoms with Gasteiger partial charge in [-0.2, -0.15) is 10.1 Å². The van der Waals surface area contributed by atoms with Crippen LogP contribution in [0.4, 0.5) is 6.01 Å². The van der Waals surface area contributed by atoms with Crippen molar-refractivity contribution >= 4 is 21.8 Å². The SMILES string of the molecule is Cc1cc(C(=O)Nc2nc(-c3ccccn3)co2)n(-c2ccc(S(C)(=O)=O)cc2)n1. The highest BCUT2D eigenvalue weighted by Gasteiger charge is 2.18. The van der Waals surface area contributed by atoms with Gasteiger partial charge in [-0.25, -0.2) is 13.1 Å². The first kappa shape index (κ1) is 19.5. The monoisotopic (exact) mass is 423 g/mol. The molecule has 0 bridgehead atoms. The molecule has 30 heavy (non-hydrogen) atoms. The molecular formula is C20H17N5O4S. The molecule has 9 nitrogen and oxygen atoms in total. The van der Waals surface area contributed by atoms with Crippen LogP contribution in [0.15, 0.2) is 70.3 Å². The van der Waals surface area contributed by atoms with Gasteiger partial charge < -0.3 is 4.42 Å². The molecule has 3 aromatic heterocycles. The average molecular weight is 423 g/mol. The lowest BCUT2D eigenvalue weighted by molar-refractivity contribution is 0.101. The van der Waals surface area contributed by atoms with Crippen LogP contribution in [0.3, 0.4) is 0 Å².